The Hall–Kier alpha value is 3.13. The van der Waals surface area contributed by atoms with Gasteiger partial charge in [0.15, 0.2) is 0 Å². The Bertz CT molecular complexity index is 327. The molecule has 0 aliphatic heterocycles. The minimum Gasteiger partial charge on any atom is -1.00 e. The van der Waals surface area contributed by atoms with Gasteiger partial charge in [-0.1, -0.05) is 18.2 Å². The summed E-state index contributed by atoms with van der Waals surface area (Å²) < 4.78 is 29.2. The molecule has 3 nitrogen and oxygen atoms in total. The summed E-state index contributed by atoms with van der Waals surface area (Å²) in [4.78, 5) is -0.0741. The summed E-state index contributed by atoms with van der Waals surface area (Å²) in [5, 5.41) is 0. The van der Waals surface area contributed by atoms with E-state index in [-0.39, 0.29) is 129 Å². The van der Waals surface area contributed by atoms with Crippen LogP contribution in [0.15, 0.2) is 35.2 Å². The van der Waals surface area contributed by atoms with E-state index in [4.69, 9.17) is 4.55 Å². The third kappa shape index (κ3) is 10.3. The maximum absolute atomic E-state index is 10.4. The van der Waals surface area contributed by atoms with Gasteiger partial charge in [-0.05, 0) is 12.1 Å². The van der Waals surface area contributed by atoms with Crippen molar-refractivity contribution in [3.05, 3.63) is 30.3 Å². The van der Waals surface area contributed by atoms with Crippen molar-refractivity contribution in [3.63, 3.8) is 0 Å². The van der Waals surface area contributed by atoms with Crippen LogP contribution in [0, 0.1) is 0 Å². The van der Waals surface area contributed by atoms with Gasteiger partial charge >= 0.3 is 118 Å². The number of hydrogen-bond acceptors (Lipinski definition) is 2. The van der Waals surface area contributed by atoms with E-state index in [0.717, 1.165) is 0 Å². The van der Waals surface area contributed by atoms with Gasteiger partial charge in [-0.15, -0.1) is 0 Å². The Labute approximate surface area is 179 Å². The van der Waals surface area contributed by atoms with Crippen LogP contribution >= 0.6 is 0 Å². The first-order chi connectivity index (χ1) is 4.61. The first kappa shape index (κ1) is 25.9. The Balaban J connectivity index is -0.0000000208. The van der Waals surface area contributed by atoms with Crippen LogP contribution < -0.4 is 118 Å². The molecule has 0 fully saturated rings. The normalized spacial score (nSPS) is 8.07. The molecule has 0 aromatic heterocycles. The van der Waals surface area contributed by atoms with Gasteiger partial charge in [0, 0.05) is 0 Å². The molecule has 0 aliphatic rings. The molecule has 1 N–H and O–H groups in total. The Morgan fingerprint density at radius 1 is 0.929 bits per heavy atom. The van der Waals surface area contributed by atoms with Crippen molar-refractivity contribution in [2.45, 2.75) is 4.90 Å². The third-order valence-electron chi connectivity index (χ3n) is 1.04. The topological polar surface area (TPSA) is 54.4 Å². The van der Waals surface area contributed by atoms with E-state index in [1.54, 1.807) is 18.2 Å². The maximum atomic E-state index is 10.4. The van der Waals surface area contributed by atoms with E-state index >= 15 is 0 Å². The summed E-state index contributed by atoms with van der Waals surface area (Å²) in [6, 6.07) is 7.42. The van der Waals surface area contributed by atoms with Crippen LogP contribution in [0.3, 0.4) is 0 Å². The predicted octanol–water partition coefficient (Wildman–Crippen LogP) is -10.6. The van der Waals surface area contributed by atoms with Gasteiger partial charge < -0.3 is 5.71 Å². The second-order valence-corrected chi connectivity index (χ2v) is 3.21. The molecule has 0 bridgehead atoms. The number of rotatable bonds is 1. The van der Waals surface area contributed by atoms with E-state index in [0.29, 0.717) is 0 Å². The van der Waals surface area contributed by atoms with Gasteiger partial charge in [0.25, 0.3) is 10.1 Å². The molecule has 1 aromatic rings. The zero-order valence-corrected chi connectivity index (χ0v) is 17.9. The average molecular weight is 254 g/mol. The Kier molecular flexibility index (Phi) is 23.2. The molecule has 0 saturated carbocycles. The summed E-state index contributed by atoms with van der Waals surface area (Å²) in [5.41, 5.74) is 0. The molecule has 0 spiro atoms. The molecule has 1 aromatic carbocycles. The minimum atomic E-state index is -4.00. The van der Waals surface area contributed by atoms with E-state index in [9.17, 15) is 8.42 Å². The molecule has 62 valence electrons. The van der Waals surface area contributed by atoms with Gasteiger partial charge in [0.1, 0.15) is 0 Å². The molecule has 14 heavy (non-hydrogen) atoms. The first-order valence-corrected chi connectivity index (χ1v) is 4.07. The van der Waals surface area contributed by atoms with Crippen LogP contribution in [-0.4, -0.2) is 13.0 Å². The van der Waals surface area contributed by atoms with Gasteiger partial charge in [-0.25, -0.2) is 0 Å². The largest absolute Gasteiger partial charge is 1.00 e. The molecule has 0 radical (unpaired) electrons. The van der Waals surface area contributed by atoms with Crippen LogP contribution in [0.4, 0.5) is 0 Å². The zero-order chi connectivity index (χ0) is 7.61. The molecule has 0 heterocycles. The Morgan fingerprint density at radius 3 is 1.50 bits per heavy atom. The minimum absolute atomic E-state index is 0. The van der Waals surface area contributed by atoms with Crippen LogP contribution in [0.25, 0.3) is 0 Å². The standard InChI is InChI=1S/C6H6O3S.4Na.4H/c7-10(8,9)6-4-2-1-3-5-6;;;;;;;;/h1-5H,(H,7,8,9);;;;;;;;/q;4*+1;4*-1. The number of hydrogen-bond donors (Lipinski definition) is 1. The van der Waals surface area contributed by atoms with Crippen molar-refractivity contribution in [3.8, 4) is 0 Å². The van der Waals surface area contributed by atoms with E-state index in [1.807, 2.05) is 0 Å². The van der Waals surface area contributed by atoms with Gasteiger partial charge in [0.2, 0.25) is 0 Å². The number of benzene rings is 1. The zero-order valence-electron chi connectivity index (χ0n) is 13.1. The van der Waals surface area contributed by atoms with Crippen LogP contribution in [0.1, 0.15) is 5.71 Å². The molecular formula is C6H10Na4O3S. The van der Waals surface area contributed by atoms with Gasteiger partial charge in [-0.3, -0.25) is 4.55 Å². The average Bonchev–Trinajstić information content (AvgIpc) is 1.88. The fraction of sp³-hybridized carbons (Fsp3) is 0. The predicted molar refractivity (Wildman–Crippen MR) is 40.7 cm³/mol. The van der Waals surface area contributed by atoms with Crippen molar-refractivity contribution in [1.82, 2.24) is 0 Å². The first-order valence-electron chi connectivity index (χ1n) is 2.63. The van der Waals surface area contributed by atoms with Crippen molar-refractivity contribution < 1.29 is 137 Å². The molecule has 0 unspecified atom stereocenters. The van der Waals surface area contributed by atoms with Crippen molar-refractivity contribution in [1.29, 1.82) is 0 Å². The maximum Gasteiger partial charge on any atom is 1.00 e. The fourth-order valence-electron chi connectivity index (χ4n) is 0.592. The molecular weight excluding hydrogens is 244 g/mol. The van der Waals surface area contributed by atoms with Gasteiger partial charge in [0.05, 0.1) is 4.90 Å². The van der Waals surface area contributed by atoms with E-state index < -0.39 is 10.1 Å². The summed E-state index contributed by atoms with van der Waals surface area (Å²) in [6.45, 7) is 0. The molecule has 0 amide bonds. The monoisotopic (exact) mass is 254 g/mol. The van der Waals surface area contributed by atoms with Crippen molar-refractivity contribution in [2.24, 2.45) is 0 Å². The molecule has 0 saturated heterocycles. The third-order valence-corrected chi connectivity index (χ3v) is 1.91. The second-order valence-electron chi connectivity index (χ2n) is 1.79. The van der Waals surface area contributed by atoms with Crippen LogP contribution in [-0.2, 0) is 10.1 Å². The molecule has 0 atom stereocenters. The van der Waals surface area contributed by atoms with E-state index in [1.165, 1.54) is 12.1 Å². The summed E-state index contributed by atoms with van der Waals surface area (Å²) in [5.74, 6) is 0. The fourth-order valence-corrected chi connectivity index (χ4v) is 1.09. The van der Waals surface area contributed by atoms with Crippen molar-refractivity contribution >= 4 is 10.1 Å². The smallest absolute Gasteiger partial charge is 1.00 e. The van der Waals surface area contributed by atoms with Crippen LogP contribution in [0.2, 0.25) is 0 Å². The van der Waals surface area contributed by atoms with E-state index in [2.05, 4.69) is 0 Å². The van der Waals surface area contributed by atoms with Crippen LogP contribution in [0.5, 0.6) is 0 Å². The van der Waals surface area contributed by atoms with Gasteiger partial charge in [-0.2, -0.15) is 8.42 Å². The molecule has 1 rings (SSSR count). The summed E-state index contributed by atoms with van der Waals surface area (Å²) in [6.07, 6.45) is 0. The van der Waals surface area contributed by atoms with Crippen molar-refractivity contribution in [2.75, 3.05) is 0 Å². The SMILES string of the molecule is O=S(=O)(O)c1ccccc1.[H-].[H-].[H-].[H-].[Na+].[Na+].[Na+].[Na+]. The second kappa shape index (κ2) is 12.6. The summed E-state index contributed by atoms with van der Waals surface area (Å²) in [7, 11) is -4.00. The summed E-state index contributed by atoms with van der Waals surface area (Å²) >= 11 is 0. The molecule has 0 aliphatic carbocycles. The molecule has 8 heteroatoms. The Morgan fingerprint density at radius 2 is 1.29 bits per heavy atom. The quantitative estimate of drug-likeness (QED) is 0.400.